The molecular weight excluding hydrogens is 324 g/mol. The van der Waals surface area contributed by atoms with E-state index in [9.17, 15) is 9.59 Å². The number of para-hydroxylation sites is 1. The molecule has 0 saturated heterocycles. The summed E-state index contributed by atoms with van der Waals surface area (Å²) in [4.78, 5) is 25.0. The van der Waals surface area contributed by atoms with Gasteiger partial charge in [-0.05, 0) is 42.5 Å². The fourth-order valence-electron chi connectivity index (χ4n) is 2.46. The van der Waals surface area contributed by atoms with E-state index < -0.39 is 0 Å². The molecule has 0 aromatic heterocycles. The molecule has 0 aliphatic heterocycles. The molecule has 3 aromatic carbocycles. The first-order chi connectivity index (χ1) is 12.7. The van der Waals surface area contributed by atoms with E-state index in [1.807, 2.05) is 6.07 Å². The van der Waals surface area contributed by atoms with E-state index in [4.69, 9.17) is 6.42 Å². The highest BCUT2D eigenvalue weighted by molar-refractivity contribution is 6.12. The second-order valence-electron chi connectivity index (χ2n) is 5.54. The molecule has 26 heavy (non-hydrogen) atoms. The van der Waals surface area contributed by atoms with E-state index in [1.54, 1.807) is 72.8 Å². The predicted molar refractivity (Wildman–Crippen MR) is 103 cm³/mol. The van der Waals surface area contributed by atoms with Crippen molar-refractivity contribution in [1.82, 2.24) is 0 Å². The Kier molecular flexibility index (Phi) is 5.11. The van der Waals surface area contributed by atoms with E-state index in [0.29, 0.717) is 28.1 Å². The molecule has 2 N–H and O–H groups in total. The normalized spacial score (nSPS) is 9.81. The molecule has 0 aliphatic rings. The molecule has 0 aliphatic carbocycles. The second kappa shape index (κ2) is 7.82. The lowest BCUT2D eigenvalue weighted by molar-refractivity contribution is 0.102. The number of terminal acetylenes is 1. The Morgan fingerprint density at radius 2 is 1.50 bits per heavy atom. The van der Waals surface area contributed by atoms with Crippen LogP contribution in [0.15, 0.2) is 78.9 Å². The fourth-order valence-corrected chi connectivity index (χ4v) is 2.46. The summed E-state index contributed by atoms with van der Waals surface area (Å²) in [7, 11) is 0. The van der Waals surface area contributed by atoms with Gasteiger partial charge in [0.15, 0.2) is 0 Å². The van der Waals surface area contributed by atoms with E-state index in [-0.39, 0.29) is 11.8 Å². The van der Waals surface area contributed by atoms with Crippen LogP contribution in [0.5, 0.6) is 0 Å². The van der Waals surface area contributed by atoms with Crippen LogP contribution in [0.4, 0.5) is 11.4 Å². The molecule has 0 atom stereocenters. The van der Waals surface area contributed by atoms with Gasteiger partial charge in [0.05, 0.1) is 11.3 Å². The lowest BCUT2D eigenvalue weighted by atomic mass is 10.1. The number of hydrogen-bond donors (Lipinski definition) is 2. The minimum atomic E-state index is -0.330. The first kappa shape index (κ1) is 17.0. The fraction of sp³-hybridized carbons (Fsp3) is 0. The Labute approximate surface area is 151 Å². The van der Waals surface area contributed by atoms with Gasteiger partial charge in [-0.25, -0.2) is 0 Å². The number of carbonyl (C=O) groups excluding carboxylic acids is 2. The Hall–Kier alpha value is -3.84. The van der Waals surface area contributed by atoms with Crippen LogP contribution >= 0.6 is 0 Å². The van der Waals surface area contributed by atoms with Crippen LogP contribution < -0.4 is 10.6 Å². The maximum absolute atomic E-state index is 12.6. The predicted octanol–water partition coefficient (Wildman–Crippen LogP) is 4.17. The molecule has 3 aromatic rings. The van der Waals surface area contributed by atoms with Gasteiger partial charge in [0.1, 0.15) is 0 Å². The van der Waals surface area contributed by atoms with Gasteiger partial charge >= 0.3 is 0 Å². The highest BCUT2D eigenvalue weighted by atomic mass is 16.2. The molecule has 4 nitrogen and oxygen atoms in total. The third-order valence-electron chi connectivity index (χ3n) is 3.74. The van der Waals surface area contributed by atoms with Crippen molar-refractivity contribution in [2.24, 2.45) is 0 Å². The average Bonchev–Trinajstić information content (AvgIpc) is 2.69. The zero-order chi connectivity index (χ0) is 18.4. The van der Waals surface area contributed by atoms with E-state index >= 15 is 0 Å². The van der Waals surface area contributed by atoms with Crippen molar-refractivity contribution in [3.05, 3.63) is 95.6 Å². The van der Waals surface area contributed by atoms with Gasteiger partial charge in [0, 0.05) is 16.8 Å². The summed E-state index contributed by atoms with van der Waals surface area (Å²) in [6, 6.07) is 22.7. The van der Waals surface area contributed by atoms with Crippen LogP contribution in [0, 0.1) is 12.3 Å². The Bertz CT molecular complexity index is 988. The minimum Gasteiger partial charge on any atom is -0.322 e. The number of nitrogens with one attached hydrogen (secondary N) is 2. The highest BCUT2D eigenvalue weighted by Gasteiger charge is 2.14. The van der Waals surface area contributed by atoms with E-state index in [2.05, 4.69) is 16.6 Å². The van der Waals surface area contributed by atoms with Crippen LogP contribution in [-0.2, 0) is 0 Å². The van der Waals surface area contributed by atoms with Gasteiger partial charge in [-0.3, -0.25) is 9.59 Å². The summed E-state index contributed by atoms with van der Waals surface area (Å²) in [6.07, 6.45) is 5.38. The second-order valence-corrected chi connectivity index (χ2v) is 5.54. The molecule has 126 valence electrons. The molecule has 0 saturated carbocycles. The van der Waals surface area contributed by atoms with E-state index in [0.717, 1.165) is 0 Å². The number of rotatable bonds is 4. The van der Waals surface area contributed by atoms with Crippen molar-refractivity contribution in [2.75, 3.05) is 10.6 Å². The molecule has 0 unspecified atom stereocenters. The molecule has 0 radical (unpaired) electrons. The Morgan fingerprint density at radius 1 is 0.769 bits per heavy atom. The summed E-state index contributed by atoms with van der Waals surface area (Å²) >= 11 is 0. The van der Waals surface area contributed by atoms with Crippen molar-refractivity contribution in [2.45, 2.75) is 0 Å². The summed E-state index contributed by atoms with van der Waals surface area (Å²) in [5.74, 6) is 1.92. The van der Waals surface area contributed by atoms with Crippen molar-refractivity contribution in [3.8, 4) is 12.3 Å². The highest BCUT2D eigenvalue weighted by Crippen LogP contribution is 2.19. The standard InChI is InChI=1S/C22H16N2O2/c1-2-16-9-8-12-18(15-16)23-22(26)19-13-6-7-14-20(19)24-21(25)17-10-4-3-5-11-17/h1,3-15H,(H,23,26)(H,24,25). The number of hydrogen-bond acceptors (Lipinski definition) is 2. The van der Waals surface area contributed by atoms with E-state index in [1.165, 1.54) is 0 Å². The molecule has 0 spiro atoms. The van der Waals surface area contributed by atoms with Gasteiger partial charge in [-0.1, -0.05) is 42.3 Å². The lowest BCUT2D eigenvalue weighted by Gasteiger charge is -2.12. The maximum Gasteiger partial charge on any atom is 0.257 e. The van der Waals surface area contributed by atoms with Crippen LogP contribution in [-0.4, -0.2) is 11.8 Å². The third-order valence-corrected chi connectivity index (χ3v) is 3.74. The average molecular weight is 340 g/mol. The monoisotopic (exact) mass is 340 g/mol. The lowest BCUT2D eigenvalue weighted by Crippen LogP contribution is -2.18. The van der Waals surface area contributed by atoms with Crippen LogP contribution in [0.3, 0.4) is 0 Å². The quantitative estimate of drug-likeness (QED) is 0.700. The summed E-state index contributed by atoms with van der Waals surface area (Å²) in [6.45, 7) is 0. The van der Waals surface area contributed by atoms with Gasteiger partial charge in [0.25, 0.3) is 11.8 Å². The maximum atomic E-state index is 12.6. The third kappa shape index (κ3) is 3.97. The van der Waals surface area contributed by atoms with Crippen LogP contribution in [0.25, 0.3) is 0 Å². The van der Waals surface area contributed by atoms with Crippen LogP contribution in [0.2, 0.25) is 0 Å². The molecule has 2 amide bonds. The number of amides is 2. The zero-order valence-corrected chi connectivity index (χ0v) is 13.9. The Balaban J connectivity index is 1.81. The Morgan fingerprint density at radius 3 is 2.27 bits per heavy atom. The first-order valence-electron chi connectivity index (χ1n) is 8.01. The van der Waals surface area contributed by atoms with Gasteiger partial charge in [-0.2, -0.15) is 0 Å². The molecule has 0 fully saturated rings. The van der Waals surface area contributed by atoms with Gasteiger partial charge in [-0.15, -0.1) is 6.42 Å². The number of benzene rings is 3. The smallest absolute Gasteiger partial charge is 0.257 e. The summed E-state index contributed by atoms with van der Waals surface area (Å²) < 4.78 is 0. The zero-order valence-electron chi connectivity index (χ0n) is 13.9. The molecule has 0 bridgehead atoms. The SMILES string of the molecule is C#Cc1cccc(NC(=O)c2ccccc2NC(=O)c2ccccc2)c1. The van der Waals surface area contributed by atoms with Gasteiger partial charge < -0.3 is 10.6 Å². The summed E-state index contributed by atoms with van der Waals surface area (Å²) in [5.41, 5.74) is 2.59. The molecule has 3 rings (SSSR count). The van der Waals surface area contributed by atoms with Gasteiger partial charge in [0.2, 0.25) is 0 Å². The van der Waals surface area contributed by atoms with Crippen molar-refractivity contribution in [3.63, 3.8) is 0 Å². The number of carbonyl (C=O) groups is 2. The largest absolute Gasteiger partial charge is 0.322 e. The minimum absolute atomic E-state index is 0.278. The van der Waals surface area contributed by atoms with Crippen LogP contribution in [0.1, 0.15) is 26.3 Å². The first-order valence-corrected chi connectivity index (χ1v) is 8.01. The topological polar surface area (TPSA) is 58.2 Å². The van der Waals surface area contributed by atoms with Crippen molar-refractivity contribution in [1.29, 1.82) is 0 Å². The molecular formula is C22H16N2O2. The summed E-state index contributed by atoms with van der Waals surface area (Å²) in [5, 5.41) is 5.58. The molecule has 0 heterocycles. The van der Waals surface area contributed by atoms with Crippen molar-refractivity contribution < 1.29 is 9.59 Å². The van der Waals surface area contributed by atoms with Crippen molar-refractivity contribution >= 4 is 23.2 Å². The number of anilines is 2. The molecule has 4 heteroatoms.